The Bertz CT molecular complexity index is 1060. The summed E-state index contributed by atoms with van der Waals surface area (Å²) < 4.78 is 32.2. The lowest BCUT2D eigenvalue weighted by molar-refractivity contribution is -0.0468. The van der Waals surface area contributed by atoms with Gasteiger partial charge in [0, 0.05) is 35.7 Å². The van der Waals surface area contributed by atoms with E-state index in [9.17, 15) is 23.8 Å². The maximum Gasteiger partial charge on any atom is 0.252 e. The number of fused-ring (bicyclic) bond motifs is 1. The number of H-pyrrole nitrogens is 1. The molecule has 0 saturated carbocycles. The number of aliphatic hydroxyl groups excluding tert-OH is 1. The fraction of sp³-hybridized carbons (Fsp3) is 0.316. The number of hydrogen-bond acceptors (Lipinski definition) is 7. The zero-order valence-corrected chi connectivity index (χ0v) is 15.5. The zero-order valence-electron chi connectivity index (χ0n) is 15.5. The Morgan fingerprint density at radius 1 is 1.34 bits per heavy atom. The smallest absolute Gasteiger partial charge is 0.252 e. The Morgan fingerprint density at radius 3 is 2.86 bits per heavy atom. The Hall–Kier alpha value is -2.95. The number of nitrogens with zero attached hydrogens (tertiary/aromatic N) is 2. The van der Waals surface area contributed by atoms with Gasteiger partial charge in [0.15, 0.2) is 17.3 Å². The molecule has 0 aliphatic heterocycles. The van der Waals surface area contributed by atoms with Gasteiger partial charge in [-0.15, -0.1) is 0 Å². The molecular formula is C19H20F2N4O4. The van der Waals surface area contributed by atoms with Crippen LogP contribution in [0.4, 0.5) is 8.78 Å². The molecule has 3 aromatic rings. The maximum atomic E-state index is 13.8. The van der Waals surface area contributed by atoms with Crippen molar-refractivity contribution in [2.45, 2.75) is 25.1 Å². The first-order valence-electron chi connectivity index (χ1n) is 8.80. The van der Waals surface area contributed by atoms with Crippen LogP contribution in [0.1, 0.15) is 12.5 Å². The summed E-state index contributed by atoms with van der Waals surface area (Å²) in [5.74, 6) is -1.95. The van der Waals surface area contributed by atoms with E-state index in [2.05, 4.69) is 20.3 Å². The number of benzene rings is 1. The first kappa shape index (κ1) is 20.8. The van der Waals surface area contributed by atoms with Gasteiger partial charge in [-0.05, 0) is 25.1 Å². The van der Waals surface area contributed by atoms with Crippen molar-refractivity contribution in [2.75, 3.05) is 13.2 Å². The van der Waals surface area contributed by atoms with Crippen molar-refractivity contribution >= 4 is 11.0 Å². The van der Waals surface area contributed by atoms with Gasteiger partial charge in [0.1, 0.15) is 24.4 Å². The second-order valence-electron chi connectivity index (χ2n) is 6.75. The number of aromatic nitrogens is 3. The van der Waals surface area contributed by atoms with E-state index in [0.29, 0.717) is 17.1 Å². The second kappa shape index (κ2) is 8.60. The third kappa shape index (κ3) is 5.11. The van der Waals surface area contributed by atoms with Crippen molar-refractivity contribution in [1.29, 1.82) is 0 Å². The average Bonchev–Trinajstić information content (AvgIpc) is 2.68. The standard InChI is InChI=1S/C19H20F2N4O4/c1-11(8-26)25-19(28,9-29-16-3-2-14(20)5-15(16)21)6-12-4-13-7-22-10-23-17(13)24-18(12)27/h2-5,7,10-11,25-26,28H,6,8-9H2,1H3,(H,22,23,24,27)/t11-,19+/m1/s1. The van der Waals surface area contributed by atoms with Crippen LogP contribution in [0.3, 0.4) is 0 Å². The van der Waals surface area contributed by atoms with E-state index in [4.69, 9.17) is 4.74 Å². The predicted octanol–water partition coefficient (Wildman–Crippen LogP) is 0.877. The molecule has 0 spiro atoms. The molecule has 2 aromatic heterocycles. The third-order valence-corrected chi connectivity index (χ3v) is 4.23. The fourth-order valence-electron chi connectivity index (χ4n) is 2.88. The highest BCUT2D eigenvalue weighted by Gasteiger charge is 2.31. The number of nitrogens with one attached hydrogen (secondary N) is 2. The van der Waals surface area contributed by atoms with Crippen LogP contribution in [0, 0.1) is 11.6 Å². The van der Waals surface area contributed by atoms with Crippen molar-refractivity contribution < 1.29 is 23.7 Å². The van der Waals surface area contributed by atoms with E-state index in [1.807, 2.05) is 0 Å². The number of halogens is 2. The van der Waals surface area contributed by atoms with Crippen LogP contribution >= 0.6 is 0 Å². The number of hydrogen-bond donors (Lipinski definition) is 4. The van der Waals surface area contributed by atoms with Crippen LogP contribution in [-0.4, -0.2) is 50.1 Å². The molecule has 3 rings (SSSR count). The molecule has 0 bridgehead atoms. The molecule has 0 fully saturated rings. The molecule has 1 aromatic carbocycles. The van der Waals surface area contributed by atoms with Gasteiger partial charge >= 0.3 is 0 Å². The topological polar surface area (TPSA) is 120 Å². The van der Waals surface area contributed by atoms with Crippen molar-refractivity contribution in [2.24, 2.45) is 0 Å². The van der Waals surface area contributed by atoms with Gasteiger partial charge in [-0.2, -0.15) is 0 Å². The Kier molecular flexibility index (Phi) is 6.16. The minimum absolute atomic E-state index is 0.204. The molecular weight excluding hydrogens is 386 g/mol. The highest BCUT2D eigenvalue weighted by atomic mass is 19.1. The monoisotopic (exact) mass is 406 g/mol. The summed E-state index contributed by atoms with van der Waals surface area (Å²) in [6.07, 6.45) is 2.58. The van der Waals surface area contributed by atoms with Gasteiger partial charge in [0.05, 0.1) is 6.61 Å². The summed E-state index contributed by atoms with van der Waals surface area (Å²) in [6, 6.07) is 3.76. The molecule has 0 saturated heterocycles. The van der Waals surface area contributed by atoms with Crippen LogP contribution in [0.25, 0.3) is 11.0 Å². The van der Waals surface area contributed by atoms with Gasteiger partial charge in [-0.25, -0.2) is 18.7 Å². The molecule has 8 nitrogen and oxygen atoms in total. The van der Waals surface area contributed by atoms with E-state index in [1.165, 1.54) is 18.6 Å². The number of rotatable bonds is 8. The first-order chi connectivity index (χ1) is 13.8. The van der Waals surface area contributed by atoms with Crippen molar-refractivity contribution in [1.82, 2.24) is 20.3 Å². The molecule has 0 aliphatic rings. The molecule has 0 amide bonds. The summed E-state index contributed by atoms with van der Waals surface area (Å²) in [6.45, 7) is 0.847. The molecule has 10 heteroatoms. The summed E-state index contributed by atoms with van der Waals surface area (Å²) >= 11 is 0. The number of aromatic amines is 1. The summed E-state index contributed by atoms with van der Waals surface area (Å²) in [4.78, 5) is 22.8. The van der Waals surface area contributed by atoms with Gasteiger partial charge in [-0.1, -0.05) is 0 Å². The maximum absolute atomic E-state index is 13.8. The highest BCUT2D eigenvalue weighted by molar-refractivity contribution is 5.73. The molecule has 154 valence electrons. The molecule has 2 heterocycles. The normalized spacial score (nSPS) is 14.5. The van der Waals surface area contributed by atoms with Crippen LogP contribution in [0.5, 0.6) is 5.75 Å². The number of aliphatic hydroxyl groups is 2. The third-order valence-electron chi connectivity index (χ3n) is 4.23. The second-order valence-corrected chi connectivity index (χ2v) is 6.75. The van der Waals surface area contributed by atoms with Gasteiger partial charge in [0.2, 0.25) is 0 Å². The molecule has 4 N–H and O–H groups in total. The SMILES string of the molecule is C[C@H](CO)N[C@@](O)(COc1ccc(F)cc1F)Cc1cc2cncnc2[nH]c1=O. The predicted molar refractivity (Wildman–Crippen MR) is 100 cm³/mol. The number of pyridine rings is 1. The lowest BCUT2D eigenvalue weighted by Crippen LogP contribution is -2.56. The van der Waals surface area contributed by atoms with Crippen LogP contribution in [0.15, 0.2) is 41.6 Å². The van der Waals surface area contributed by atoms with Crippen LogP contribution in [-0.2, 0) is 6.42 Å². The van der Waals surface area contributed by atoms with Crippen molar-refractivity contribution in [3.63, 3.8) is 0 Å². The summed E-state index contributed by atoms with van der Waals surface area (Å²) in [5, 5.41) is 23.7. The number of ether oxygens (including phenoxy) is 1. The summed E-state index contributed by atoms with van der Waals surface area (Å²) in [5.41, 5.74) is -1.76. The highest BCUT2D eigenvalue weighted by Crippen LogP contribution is 2.20. The fourth-order valence-corrected chi connectivity index (χ4v) is 2.88. The quantitative estimate of drug-likeness (QED) is 0.410. The van der Waals surface area contributed by atoms with Gasteiger partial charge in [0.25, 0.3) is 5.56 Å². The van der Waals surface area contributed by atoms with E-state index in [0.717, 1.165) is 12.1 Å². The van der Waals surface area contributed by atoms with E-state index < -0.39 is 35.6 Å². The molecule has 0 unspecified atom stereocenters. The lowest BCUT2D eigenvalue weighted by atomic mass is 10.0. The summed E-state index contributed by atoms with van der Waals surface area (Å²) in [7, 11) is 0. The Morgan fingerprint density at radius 2 is 2.14 bits per heavy atom. The largest absolute Gasteiger partial charge is 0.486 e. The molecule has 0 aliphatic carbocycles. The minimum atomic E-state index is -1.83. The first-order valence-corrected chi connectivity index (χ1v) is 8.80. The zero-order chi connectivity index (χ0) is 21.0. The minimum Gasteiger partial charge on any atom is -0.486 e. The van der Waals surface area contributed by atoms with Crippen LogP contribution < -0.4 is 15.6 Å². The Balaban J connectivity index is 1.87. The van der Waals surface area contributed by atoms with Gasteiger partial charge < -0.3 is 19.9 Å². The average molecular weight is 406 g/mol. The van der Waals surface area contributed by atoms with E-state index in [1.54, 1.807) is 6.92 Å². The van der Waals surface area contributed by atoms with Crippen molar-refractivity contribution in [3.8, 4) is 5.75 Å². The molecule has 0 radical (unpaired) electrons. The van der Waals surface area contributed by atoms with Crippen molar-refractivity contribution in [3.05, 3.63) is 64.3 Å². The lowest BCUT2D eigenvalue weighted by Gasteiger charge is -2.32. The molecule has 2 atom stereocenters. The molecule has 29 heavy (non-hydrogen) atoms. The van der Waals surface area contributed by atoms with E-state index in [-0.39, 0.29) is 24.3 Å². The Labute approximate surface area is 164 Å². The van der Waals surface area contributed by atoms with Gasteiger partial charge in [-0.3, -0.25) is 10.1 Å². The van der Waals surface area contributed by atoms with Crippen LogP contribution in [0.2, 0.25) is 0 Å². The van der Waals surface area contributed by atoms with E-state index >= 15 is 0 Å².